The van der Waals surface area contributed by atoms with E-state index in [4.69, 9.17) is 16.3 Å². The molecule has 0 saturated carbocycles. The Bertz CT molecular complexity index is 595. The van der Waals surface area contributed by atoms with Gasteiger partial charge in [-0.3, -0.25) is 0 Å². The molecule has 0 spiro atoms. The van der Waals surface area contributed by atoms with Crippen LogP contribution < -0.4 is 4.74 Å². The van der Waals surface area contributed by atoms with E-state index in [0.29, 0.717) is 6.61 Å². The molecule has 0 aromatic heterocycles. The summed E-state index contributed by atoms with van der Waals surface area (Å²) >= 11 is 5.94. The summed E-state index contributed by atoms with van der Waals surface area (Å²) in [5.41, 5.74) is 3.28. The standard InChI is InChI=1S/C16H15ClO2/c17-13-3-1-2-11(8-13)10-19-14-5-6-15-12(9-14)4-7-16(15)18/h1-3,5-6,8-9,16,18H,4,7,10H2. The molecule has 19 heavy (non-hydrogen) atoms. The molecule has 1 N–H and O–H groups in total. The van der Waals surface area contributed by atoms with Crippen LogP contribution in [0.2, 0.25) is 5.02 Å². The maximum absolute atomic E-state index is 9.76. The molecule has 2 aromatic carbocycles. The quantitative estimate of drug-likeness (QED) is 0.920. The fourth-order valence-corrected chi connectivity index (χ4v) is 2.67. The lowest BCUT2D eigenvalue weighted by atomic mass is 10.1. The molecule has 3 rings (SSSR count). The molecule has 0 radical (unpaired) electrons. The Kier molecular flexibility index (Phi) is 3.45. The monoisotopic (exact) mass is 274 g/mol. The second-order valence-corrected chi connectivity index (χ2v) is 5.27. The highest BCUT2D eigenvalue weighted by Crippen LogP contribution is 2.33. The van der Waals surface area contributed by atoms with Gasteiger partial charge in [0.15, 0.2) is 0 Å². The summed E-state index contributed by atoms with van der Waals surface area (Å²) in [6.07, 6.45) is 1.43. The van der Waals surface area contributed by atoms with Crippen molar-refractivity contribution in [2.75, 3.05) is 0 Å². The van der Waals surface area contributed by atoms with Crippen LogP contribution in [0.3, 0.4) is 0 Å². The van der Waals surface area contributed by atoms with Crippen LogP contribution in [0.25, 0.3) is 0 Å². The van der Waals surface area contributed by atoms with Crippen molar-refractivity contribution in [3.8, 4) is 5.75 Å². The summed E-state index contributed by atoms with van der Waals surface area (Å²) in [6, 6.07) is 13.6. The molecule has 98 valence electrons. The van der Waals surface area contributed by atoms with Crippen LogP contribution in [-0.4, -0.2) is 5.11 Å². The lowest BCUT2D eigenvalue weighted by Crippen LogP contribution is -1.96. The van der Waals surface area contributed by atoms with E-state index in [9.17, 15) is 5.11 Å². The molecule has 3 heteroatoms. The number of ether oxygens (including phenoxy) is 1. The average Bonchev–Trinajstić information content (AvgIpc) is 2.78. The Morgan fingerprint density at radius 1 is 1.21 bits per heavy atom. The fourth-order valence-electron chi connectivity index (χ4n) is 2.45. The van der Waals surface area contributed by atoms with Gasteiger partial charge in [0.1, 0.15) is 12.4 Å². The van der Waals surface area contributed by atoms with Crippen LogP contribution in [0.4, 0.5) is 0 Å². The zero-order valence-corrected chi connectivity index (χ0v) is 11.2. The summed E-state index contributed by atoms with van der Waals surface area (Å²) in [4.78, 5) is 0. The van der Waals surface area contributed by atoms with Gasteiger partial charge in [0, 0.05) is 5.02 Å². The van der Waals surface area contributed by atoms with Crippen molar-refractivity contribution >= 4 is 11.6 Å². The van der Waals surface area contributed by atoms with Gasteiger partial charge in [-0.15, -0.1) is 0 Å². The molecule has 2 nitrogen and oxygen atoms in total. The molecule has 0 heterocycles. The number of aliphatic hydroxyl groups is 1. The third-order valence-electron chi connectivity index (χ3n) is 3.46. The Balaban J connectivity index is 1.71. The van der Waals surface area contributed by atoms with Gasteiger partial charge in [-0.2, -0.15) is 0 Å². The molecule has 1 atom stereocenters. The van der Waals surface area contributed by atoms with Crippen LogP contribution in [0.15, 0.2) is 42.5 Å². The van der Waals surface area contributed by atoms with Crippen molar-refractivity contribution in [1.29, 1.82) is 0 Å². The summed E-state index contributed by atoms with van der Waals surface area (Å²) < 4.78 is 5.77. The minimum absolute atomic E-state index is 0.308. The second kappa shape index (κ2) is 5.24. The fraction of sp³-hybridized carbons (Fsp3) is 0.250. The van der Waals surface area contributed by atoms with Crippen LogP contribution in [0.1, 0.15) is 29.2 Å². The van der Waals surface area contributed by atoms with Crippen molar-refractivity contribution in [3.63, 3.8) is 0 Å². The summed E-state index contributed by atoms with van der Waals surface area (Å²) in [5.74, 6) is 0.841. The molecule has 0 amide bonds. The van der Waals surface area contributed by atoms with E-state index >= 15 is 0 Å². The molecule has 1 aliphatic rings. The van der Waals surface area contributed by atoms with E-state index in [1.54, 1.807) is 0 Å². The predicted molar refractivity (Wildman–Crippen MR) is 75.5 cm³/mol. The van der Waals surface area contributed by atoms with E-state index in [1.807, 2.05) is 42.5 Å². The third-order valence-corrected chi connectivity index (χ3v) is 3.69. The number of aliphatic hydroxyl groups excluding tert-OH is 1. The first-order valence-corrected chi connectivity index (χ1v) is 6.78. The smallest absolute Gasteiger partial charge is 0.120 e. The number of hydrogen-bond acceptors (Lipinski definition) is 2. The molecule has 1 aliphatic carbocycles. The number of rotatable bonds is 3. The highest BCUT2D eigenvalue weighted by molar-refractivity contribution is 6.30. The minimum atomic E-state index is -0.308. The van der Waals surface area contributed by atoms with E-state index in [0.717, 1.165) is 34.7 Å². The largest absolute Gasteiger partial charge is 0.489 e. The van der Waals surface area contributed by atoms with Crippen molar-refractivity contribution in [3.05, 3.63) is 64.2 Å². The zero-order chi connectivity index (χ0) is 13.2. The summed E-state index contributed by atoms with van der Waals surface area (Å²) in [6.45, 7) is 0.502. The summed E-state index contributed by atoms with van der Waals surface area (Å²) in [7, 11) is 0. The molecule has 1 unspecified atom stereocenters. The Labute approximate surface area is 117 Å². The van der Waals surface area contributed by atoms with Crippen molar-refractivity contribution < 1.29 is 9.84 Å². The molecule has 0 aliphatic heterocycles. The third kappa shape index (κ3) is 2.75. The average molecular weight is 275 g/mol. The van der Waals surface area contributed by atoms with Crippen molar-refractivity contribution in [2.45, 2.75) is 25.6 Å². The van der Waals surface area contributed by atoms with Crippen LogP contribution in [0.5, 0.6) is 5.75 Å². The van der Waals surface area contributed by atoms with Crippen LogP contribution in [0, 0.1) is 0 Å². The Hall–Kier alpha value is -1.51. The van der Waals surface area contributed by atoms with Gasteiger partial charge in [0.05, 0.1) is 6.10 Å². The zero-order valence-electron chi connectivity index (χ0n) is 10.5. The normalized spacial score (nSPS) is 17.3. The first-order chi connectivity index (χ1) is 9.22. The second-order valence-electron chi connectivity index (χ2n) is 4.83. The minimum Gasteiger partial charge on any atom is -0.489 e. The highest BCUT2D eigenvalue weighted by Gasteiger charge is 2.20. The Morgan fingerprint density at radius 2 is 2.11 bits per heavy atom. The van der Waals surface area contributed by atoms with Gasteiger partial charge in [-0.25, -0.2) is 0 Å². The van der Waals surface area contributed by atoms with E-state index in [-0.39, 0.29) is 6.10 Å². The van der Waals surface area contributed by atoms with Gasteiger partial charge < -0.3 is 9.84 Å². The molecular weight excluding hydrogens is 260 g/mol. The number of fused-ring (bicyclic) bond motifs is 1. The van der Waals surface area contributed by atoms with Gasteiger partial charge in [0.25, 0.3) is 0 Å². The lowest BCUT2D eigenvalue weighted by Gasteiger charge is -2.09. The highest BCUT2D eigenvalue weighted by atomic mass is 35.5. The van der Waals surface area contributed by atoms with Gasteiger partial charge in [-0.05, 0) is 53.8 Å². The topological polar surface area (TPSA) is 29.5 Å². The van der Waals surface area contributed by atoms with Gasteiger partial charge in [0.2, 0.25) is 0 Å². The summed E-state index contributed by atoms with van der Waals surface area (Å²) in [5, 5.41) is 10.5. The van der Waals surface area contributed by atoms with Gasteiger partial charge in [-0.1, -0.05) is 29.8 Å². The molecule has 2 aromatic rings. The number of benzene rings is 2. The first-order valence-electron chi connectivity index (χ1n) is 6.40. The lowest BCUT2D eigenvalue weighted by molar-refractivity contribution is 0.180. The molecular formula is C16H15ClO2. The number of aryl methyl sites for hydroxylation is 1. The number of halogens is 1. The first kappa shape index (κ1) is 12.5. The molecule has 0 bridgehead atoms. The van der Waals surface area contributed by atoms with Crippen LogP contribution >= 0.6 is 11.6 Å². The van der Waals surface area contributed by atoms with E-state index in [1.165, 1.54) is 5.56 Å². The maximum atomic E-state index is 9.76. The predicted octanol–water partition coefficient (Wildman–Crippen LogP) is 3.90. The van der Waals surface area contributed by atoms with E-state index in [2.05, 4.69) is 0 Å². The SMILES string of the molecule is OC1CCc2cc(OCc3cccc(Cl)c3)ccc21. The Morgan fingerprint density at radius 3 is 2.95 bits per heavy atom. The maximum Gasteiger partial charge on any atom is 0.120 e. The van der Waals surface area contributed by atoms with Crippen LogP contribution in [-0.2, 0) is 13.0 Å². The van der Waals surface area contributed by atoms with Crippen molar-refractivity contribution in [1.82, 2.24) is 0 Å². The molecule has 0 saturated heterocycles. The molecule has 0 fully saturated rings. The van der Waals surface area contributed by atoms with Crippen molar-refractivity contribution in [2.24, 2.45) is 0 Å². The van der Waals surface area contributed by atoms with E-state index < -0.39 is 0 Å². The number of hydrogen-bond donors (Lipinski definition) is 1. The van der Waals surface area contributed by atoms with Gasteiger partial charge >= 0.3 is 0 Å².